The highest BCUT2D eigenvalue weighted by Crippen LogP contribution is 2.29. The van der Waals surface area contributed by atoms with Crippen LogP contribution in [-0.2, 0) is 9.53 Å². The van der Waals surface area contributed by atoms with Crippen molar-refractivity contribution in [2.75, 3.05) is 33.4 Å². The first-order valence-corrected chi connectivity index (χ1v) is 7.96. The summed E-state index contributed by atoms with van der Waals surface area (Å²) in [6, 6.07) is 7.37. The van der Waals surface area contributed by atoms with Crippen LogP contribution in [0.4, 0.5) is 0 Å². The lowest BCUT2D eigenvalue weighted by molar-refractivity contribution is -0.136. The van der Waals surface area contributed by atoms with E-state index in [9.17, 15) is 4.79 Å². The van der Waals surface area contributed by atoms with Crippen molar-refractivity contribution in [1.82, 2.24) is 5.32 Å². The highest BCUT2D eigenvalue weighted by atomic mass is 16.5. The standard InChI is InChI=1S/C17H26N2O4/c1-13(23-15-5-3-14(21-2)4-6-15)11-19-16(20)17(12-18)7-9-22-10-8-17/h3-6,13H,7-12,18H2,1-2H3,(H,19,20). The van der Waals surface area contributed by atoms with Crippen LogP contribution in [0, 0.1) is 5.41 Å². The van der Waals surface area contributed by atoms with Gasteiger partial charge in [-0.3, -0.25) is 4.79 Å². The van der Waals surface area contributed by atoms with E-state index in [2.05, 4.69) is 5.32 Å². The molecule has 6 heteroatoms. The number of hydrogen-bond donors (Lipinski definition) is 2. The lowest BCUT2D eigenvalue weighted by Gasteiger charge is -2.34. The molecule has 6 nitrogen and oxygen atoms in total. The van der Waals surface area contributed by atoms with E-state index in [0.29, 0.717) is 39.1 Å². The van der Waals surface area contributed by atoms with Crippen LogP contribution in [0.1, 0.15) is 19.8 Å². The van der Waals surface area contributed by atoms with Crippen LogP contribution in [0.15, 0.2) is 24.3 Å². The molecule has 1 fully saturated rings. The third-order valence-corrected chi connectivity index (χ3v) is 4.27. The van der Waals surface area contributed by atoms with E-state index in [-0.39, 0.29) is 12.0 Å². The van der Waals surface area contributed by atoms with Crippen molar-refractivity contribution in [2.45, 2.75) is 25.9 Å². The molecular weight excluding hydrogens is 296 g/mol. The van der Waals surface area contributed by atoms with Gasteiger partial charge in [-0.1, -0.05) is 0 Å². The number of nitrogens with one attached hydrogen (secondary N) is 1. The molecule has 0 radical (unpaired) electrons. The Morgan fingerprint density at radius 1 is 1.30 bits per heavy atom. The molecule has 1 unspecified atom stereocenters. The van der Waals surface area contributed by atoms with Gasteiger partial charge in [0.25, 0.3) is 0 Å². The minimum Gasteiger partial charge on any atom is -0.497 e. The molecule has 0 bridgehead atoms. The summed E-state index contributed by atoms with van der Waals surface area (Å²) in [4.78, 5) is 12.5. The summed E-state index contributed by atoms with van der Waals surface area (Å²) in [6.45, 7) is 3.87. The molecule has 1 aromatic rings. The highest BCUT2D eigenvalue weighted by Gasteiger charge is 2.38. The first-order chi connectivity index (χ1) is 11.1. The molecule has 0 saturated carbocycles. The number of ether oxygens (including phenoxy) is 3. The highest BCUT2D eigenvalue weighted by molar-refractivity contribution is 5.83. The largest absolute Gasteiger partial charge is 0.497 e. The predicted molar refractivity (Wildman–Crippen MR) is 87.6 cm³/mol. The molecule has 0 aromatic heterocycles. The minimum absolute atomic E-state index is 0.00604. The number of hydrogen-bond acceptors (Lipinski definition) is 5. The molecular formula is C17H26N2O4. The Morgan fingerprint density at radius 2 is 1.91 bits per heavy atom. The summed E-state index contributed by atoms with van der Waals surface area (Å²) in [7, 11) is 1.62. The monoisotopic (exact) mass is 322 g/mol. The van der Waals surface area contributed by atoms with Gasteiger partial charge in [0, 0.05) is 19.8 Å². The van der Waals surface area contributed by atoms with Crippen LogP contribution in [0.5, 0.6) is 11.5 Å². The number of amides is 1. The molecule has 1 heterocycles. The van der Waals surface area contributed by atoms with Crippen molar-refractivity contribution >= 4 is 5.91 Å². The van der Waals surface area contributed by atoms with E-state index in [1.165, 1.54) is 0 Å². The average molecular weight is 322 g/mol. The number of nitrogens with two attached hydrogens (primary N) is 1. The van der Waals surface area contributed by atoms with E-state index < -0.39 is 5.41 Å². The van der Waals surface area contributed by atoms with Gasteiger partial charge in [-0.15, -0.1) is 0 Å². The Kier molecular flexibility index (Phi) is 6.24. The van der Waals surface area contributed by atoms with E-state index in [1.807, 2.05) is 31.2 Å². The molecule has 1 aliphatic heterocycles. The zero-order chi connectivity index (χ0) is 16.7. The van der Waals surface area contributed by atoms with Crippen LogP contribution < -0.4 is 20.5 Å². The maximum absolute atomic E-state index is 12.5. The van der Waals surface area contributed by atoms with Crippen molar-refractivity contribution in [2.24, 2.45) is 11.1 Å². The molecule has 1 saturated heterocycles. The lowest BCUT2D eigenvalue weighted by atomic mass is 9.79. The zero-order valence-corrected chi connectivity index (χ0v) is 13.8. The van der Waals surface area contributed by atoms with E-state index in [4.69, 9.17) is 19.9 Å². The van der Waals surface area contributed by atoms with Crippen LogP contribution in [0.2, 0.25) is 0 Å². The van der Waals surface area contributed by atoms with E-state index in [0.717, 1.165) is 11.5 Å². The summed E-state index contributed by atoms with van der Waals surface area (Å²) in [6.07, 6.45) is 1.20. The molecule has 1 amide bonds. The molecule has 2 rings (SSSR count). The molecule has 3 N–H and O–H groups in total. The van der Waals surface area contributed by atoms with E-state index in [1.54, 1.807) is 7.11 Å². The van der Waals surface area contributed by atoms with Crippen molar-refractivity contribution in [3.8, 4) is 11.5 Å². The molecule has 1 atom stereocenters. The maximum atomic E-state index is 12.5. The Bertz CT molecular complexity index is 498. The second-order valence-electron chi connectivity index (χ2n) is 5.91. The fourth-order valence-electron chi connectivity index (χ4n) is 2.64. The Hall–Kier alpha value is -1.79. The minimum atomic E-state index is -0.502. The van der Waals surface area contributed by atoms with Gasteiger partial charge in [0.2, 0.25) is 5.91 Å². The van der Waals surface area contributed by atoms with Gasteiger partial charge in [-0.2, -0.15) is 0 Å². The number of benzene rings is 1. The average Bonchev–Trinajstić information content (AvgIpc) is 2.60. The first-order valence-electron chi connectivity index (χ1n) is 7.96. The van der Waals surface area contributed by atoms with Crippen molar-refractivity contribution in [3.05, 3.63) is 24.3 Å². The van der Waals surface area contributed by atoms with Crippen LogP contribution in [0.3, 0.4) is 0 Å². The topological polar surface area (TPSA) is 82.8 Å². The molecule has 1 aromatic carbocycles. The van der Waals surface area contributed by atoms with Crippen LogP contribution in [0.25, 0.3) is 0 Å². The SMILES string of the molecule is COc1ccc(OC(C)CNC(=O)C2(CN)CCOCC2)cc1. The summed E-state index contributed by atoms with van der Waals surface area (Å²) in [5.41, 5.74) is 5.34. The number of rotatable bonds is 7. The fraction of sp³-hybridized carbons (Fsp3) is 0.588. The van der Waals surface area contributed by atoms with Gasteiger partial charge in [0.05, 0.1) is 19.1 Å². The third kappa shape index (κ3) is 4.59. The zero-order valence-electron chi connectivity index (χ0n) is 13.8. The molecule has 0 aliphatic carbocycles. The Morgan fingerprint density at radius 3 is 2.48 bits per heavy atom. The summed E-state index contributed by atoms with van der Waals surface area (Å²) in [5.74, 6) is 1.52. The second kappa shape index (κ2) is 8.17. The van der Waals surface area contributed by atoms with Gasteiger partial charge in [0.1, 0.15) is 17.6 Å². The summed E-state index contributed by atoms with van der Waals surface area (Å²) >= 11 is 0. The Balaban J connectivity index is 1.82. The number of methoxy groups -OCH3 is 1. The van der Waals surface area contributed by atoms with Crippen LogP contribution >= 0.6 is 0 Å². The van der Waals surface area contributed by atoms with Crippen molar-refractivity contribution in [3.63, 3.8) is 0 Å². The first kappa shape index (κ1) is 17.6. The molecule has 0 spiro atoms. The van der Waals surface area contributed by atoms with Crippen molar-refractivity contribution in [1.29, 1.82) is 0 Å². The van der Waals surface area contributed by atoms with Gasteiger partial charge in [0.15, 0.2) is 0 Å². The Labute approximate surface area is 137 Å². The molecule has 1 aliphatic rings. The fourth-order valence-corrected chi connectivity index (χ4v) is 2.64. The quantitative estimate of drug-likeness (QED) is 0.791. The summed E-state index contributed by atoms with van der Waals surface area (Å²) in [5, 5.41) is 2.96. The van der Waals surface area contributed by atoms with Gasteiger partial charge < -0.3 is 25.3 Å². The smallest absolute Gasteiger partial charge is 0.227 e. The third-order valence-electron chi connectivity index (χ3n) is 4.27. The normalized spacial score (nSPS) is 18.0. The van der Waals surface area contributed by atoms with Gasteiger partial charge >= 0.3 is 0 Å². The number of carbonyl (C=O) groups is 1. The van der Waals surface area contributed by atoms with Gasteiger partial charge in [-0.05, 0) is 44.0 Å². The van der Waals surface area contributed by atoms with Crippen LogP contribution in [-0.4, -0.2) is 45.4 Å². The molecule has 128 valence electrons. The lowest BCUT2D eigenvalue weighted by Crippen LogP contribution is -2.50. The predicted octanol–water partition coefficient (Wildman–Crippen LogP) is 1.33. The maximum Gasteiger partial charge on any atom is 0.227 e. The van der Waals surface area contributed by atoms with E-state index >= 15 is 0 Å². The summed E-state index contributed by atoms with van der Waals surface area (Å²) < 4.78 is 16.2. The van der Waals surface area contributed by atoms with Crippen molar-refractivity contribution < 1.29 is 19.0 Å². The molecule has 23 heavy (non-hydrogen) atoms. The second-order valence-corrected chi connectivity index (χ2v) is 5.91. The van der Waals surface area contributed by atoms with Gasteiger partial charge in [-0.25, -0.2) is 0 Å². The number of carbonyl (C=O) groups excluding carboxylic acids is 1.